The Morgan fingerprint density at radius 1 is 0.636 bits per heavy atom. The molecule has 0 saturated carbocycles. The Morgan fingerprint density at radius 3 is 1.42 bits per heavy atom. The normalized spacial score (nSPS) is 10.7. The van der Waals surface area contributed by atoms with Gasteiger partial charge in [-0.3, -0.25) is 0 Å². The van der Waals surface area contributed by atoms with E-state index in [4.69, 9.17) is 27.9 Å². The number of aryl methyl sites for hydroxylation is 2. The molecule has 0 aliphatic carbocycles. The third-order valence-electron chi connectivity index (χ3n) is 5.54. The fraction of sp³-hybridized carbons (Fsp3) is 0.0769. The Labute approximate surface area is 205 Å². The molecule has 0 unspecified atom stereocenters. The molecule has 2 N–H and O–H groups in total. The topological polar surface area (TPSA) is 49.7 Å². The number of hydrogen-bond acceptors (Lipinski definition) is 3. The molecule has 0 heterocycles. The molecule has 33 heavy (non-hydrogen) atoms. The van der Waals surface area contributed by atoms with Gasteiger partial charge in [-0.1, -0.05) is 71.7 Å². The first-order valence-electron chi connectivity index (χ1n) is 10.3. The molecule has 0 bridgehead atoms. The van der Waals surface area contributed by atoms with Gasteiger partial charge in [0.25, 0.3) is 0 Å². The van der Waals surface area contributed by atoms with Crippen molar-refractivity contribution in [2.24, 2.45) is 0 Å². The van der Waals surface area contributed by atoms with E-state index in [1.807, 2.05) is 62.4 Å². The van der Waals surface area contributed by atoms with Gasteiger partial charge in [0, 0.05) is 21.2 Å². The highest BCUT2D eigenvalue weighted by atomic mass is 35.5. The zero-order valence-corrected chi connectivity index (χ0v) is 19.7. The molecule has 0 fully saturated rings. The Hall–Kier alpha value is -2.69. The second-order valence-electron chi connectivity index (χ2n) is 7.73. The quantitative estimate of drug-likeness (QED) is 0.379. The Bertz CT molecular complexity index is 1220. The molecule has 2 radical (unpaired) electrons. The van der Waals surface area contributed by atoms with E-state index < -0.39 is 0 Å². The maximum atomic E-state index is 9.90. The van der Waals surface area contributed by atoms with Gasteiger partial charge >= 0.3 is 15.0 Å². The summed E-state index contributed by atoms with van der Waals surface area (Å²) >= 11 is 12.8. The molecule has 0 aliphatic heterocycles. The molecule has 0 aliphatic rings. The number of ether oxygens (including phenoxy) is 1. The molecule has 7 heteroatoms. The second kappa shape index (κ2) is 10.1. The van der Waals surface area contributed by atoms with E-state index in [2.05, 4.69) is 0 Å². The number of rotatable bonds is 6. The molecule has 0 spiro atoms. The SMILES string of the molecule is Cc1ccc(-c2c([B]O)cccc2Oc2cccc([B]O)c2-c2ccc(C)c(Cl)c2)cc1Cl. The largest absolute Gasteiger partial charge is 0.456 e. The van der Waals surface area contributed by atoms with Crippen molar-refractivity contribution in [2.75, 3.05) is 0 Å². The summed E-state index contributed by atoms with van der Waals surface area (Å²) in [6.07, 6.45) is 0. The molecule has 4 aromatic rings. The molecular formula is C26H20B2Cl2O3. The fourth-order valence-corrected chi connectivity index (χ4v) is 4.08. The van der Waals surface area contributed by atoms with E-state index in [1.54, 1.807) is 24.3 Å². The summed E-state index contributed by atoms with van der Waals surface area (Å²) in [6.45, 7) is 3.87. The van der Waals surface area contributed by atoms with Crippen LogP contribution in [0.5, 0.6) is 11.5 Å². The summed E-state index contributed by atoms with van der Waals surface area (Å²) in [7, 11) is 2.10. The van der Waals surface area contributed by atoms with Crippen molar-refractivity contribution in [1.29, 1.82) is 0 Å². The smallest absolute Gasteiger partial charge is 0.327 e. The molecule has 3 nitrogen and oxygen atoms in total. The molecule has 0 amide bonds. The van der Waals surface area contributed by atoms with Gasteiger partial charge in [-0.2, -0.15) is 0 Å². The molecule has 0 saturated heterocycles. The Morgan fingerprint density at radius 2 is 1.06 bits per heavy atom. The minimum absolute atomic E-state index is 0.535. The van der Waals surface area contributed by atoms with Crippen LogP contribution in [0.2, 0.25) is 10.0 Å². The molecule has 162 valence electrons. The van der Waals surface area contributed by atoms with Crippen LogP contribution >= 0.6 is 23.2 Å². The van der Waals surface area contributed by atoms with Crippen LogP contribution < -0.4 is 15.7 Å². The van der Waals surface area contributed by atoms with Gasteiger partial charge < -0.3 is 14.8 Å². The Kier molecular flexibility index (Phi) is 7.16. The monoisotopic (exact) mass is 472 g/mol. The van der Waals surface area contributed by atoms with Crippen LogP contribution in [0.15, 0.2) is 72.8 Å². The molecular weight excluding hydrogens is 453 g/mol. The van der Waals surface area contributed by atoms with Gasteiger partial charge in [-0.25, -0.2) is 0 Å². The van der Waals surface area contributed by atoms with E-state index in [1.165, 1.54) is 0 Å². The maximum Gasteiger partial charge on any atom is 0.327 e. The Balaban J connectivity index is 1.88. The maximum absolute atomic E-state index is 9.90. The average Bonchev–Trinajstić information content (AvgIpc) is 2.82. The first kappa shape index (κ1) is 23.5. The van der Waals surface area contributed by atoms with Gasteiger partial charge in [-0.05, 0) is 71.3 Å². The number of hydrogen-bond donors (Lipinski definition) is 2. The summed E-state index contributed by atoms with van der Waals surface area (Å²) in [4.78, 5) is 0. The van der Waals surface area contributed by atoms with Crippen LogP contribution in [0.3, 0.4) is 0 Å². The van der Waals surface area contributed by atoms with Gasteiger partial charge in [0.2, 0.25) is 0 Å². The van der Waals surface area contributed by atoms with Gasteiger partial charge in [0.05, 0.1) is 0 Å². The van der Waals surface area contributed by atoms with Gasteiger partial charge in [-0.15, -0.1) is 0 Å². The van der Waals surface area contributed by atoms with Crippen molar-refractivity contribution in [3.05, 3.63) is 94.0 Å². The minimum Gasteiger partial charge on any atom is -0.456 e. The minimum atomic E-state index is 0.535. The van der Waals surface area contributed by atoms with Crippen molar-refractivity contribution in [1.82, 2.24) is 0 Å². The summed E-state index contributed by atoms with van der Waals surface area (Å²) in [5.74, 6) is 1.07. The number of halogens is 2. The highest BCUT2D eigenvalue weighted by Gasteiger charge is 2.18. The van der Waals surface area contributed by atoms with Crippen LogP contribution in [0.1, 0.15) is 11.1 Å². The first-order chi connectivity index (χ1) is 15.9. The van der Waals surface area contributed by atoms with Gasteiger partial charge in [0.1, 0.15) is 11.5 Å². The third kappa shape index (κ3) is 4.82. The van der Waals surface area contributed by atoms with Crippen molar-refractivity contribution >= 4 is 49.1 Å². The second-order valence-corrected chi connectivity index (χ2v) is 8.54. The lowest BCUT2D eigenvalue weighted by Crippen LogP contribution is -2.18. The van der Waals surface area contributed by atoms with Crippen molar-refractivity contribution in [3.63, 3.8) is 0 Å². The predicted octanol–water partition coefficient (Wildman–Crippen LogP) is 5.21. The summed E-state index contributed by atoms with van der Waals surface area (Å²) < 4.78 is 6.43. The highest BCUT2D eigenvalue weighted by Crippen LogP contribution is 2.38. The van der Waals surface area contributed by atoms with Crippen LogP contribution in [0.25, 0.3) is 22.3 Å². The lowest BCUT2D eigenvalue weighted by Gasteiger charge is -2.19. The zero-order valence-electron chi connectivity index (χ0n) is 18.1. The molecule has 4 aromatic carbocycles. The summed E-state index contributed by atoms with van der Waals surface area (Å²) in [6, 6.07) is 22.3. The fourth-order valence-electron chi connectivity index (χ4n) is 3.71. The lowest BCUT2D eigenvalue weighted by atomic mass is 9.80. The highest BCUT2D eigenvalue weighted by molar-refractivity contribution is 6.49. The molecule has 0 aromatic heterocycles. The third-order valence-corrected chi connectivity index (χ3v) is 6.35. The summed E-state index contributed by atoms with van der Waals surface area (Å²) in [5.41, 5.74) is 6.13. The average molecular weight is 473 g/mol. The van der Waals surface area contributed by atoms with E-state index in [9.17, 15) is 10.0 Å². The molecule has 0 atom stereocenters. The lowest BCUT2D eigenvalue weighted by molar-refractivity contribution is 0.486. The van der Waals surface area contributed by atoms with Crippen molar-refractivity contribution in [3.8, 4) is 33.8 Å². The standard InChI is InChI=1S/C26H20B2Cl2O3/c1-15-9-11-17(13-21(15)29)25-19(27-31)5-3-7-23(25)33-24-8-4-6-20(28-32)26(24)18-12-10-16(2)22(30)14-18/h3-14,31-32H,1-2H3. The van der Waals surface area contributed by atoms with Gasteiger partial charge in [0.15, 0.2) is 0 Å². The molecule has 4 rings (SSSR count). The van der Waals surface area contributed by atoms with Crippen LogP contribution in [0.4, 0.5) is 0 Å². The van der Waals surface area contributed by atoms with Crippen LogP contribution in [0, 0.1) is 13.8 Å². The first-order valence-corrected chi connectivity index (χ1v) is 11.1. The van der Waals surface area contributed by atoms with Crippen molar-refractivity contribution < 1.29 is 14.8 Å². The summed E-state index contributed by atoms with van der Waals surface area (Å²) in [5, 5.41) is 21.0. The van der Waals surface area contributed by atoms with E-state index >= 15 is 0 Å². The predicted molar refractivity (Wildman–Crippen MR) is 139 cm³/mol. The van der Waals surface area contributed by atoms with Crippen LogP contribution in [-0.2, 0) is 0 Å². The number of benzene rings is 4. The van der Waals surface area contributed by atoms with E-state index in [0.29, 0.717) is 43.6 Å². The van der Waals surface area contributed by atoms with E-state index in [-0.39, 0.29) is 0 Å². The van der Waals surface area contributed by atoms with E-state index in [0.717, 1.165) is 37.2 Å². The van der Waals surface area contributed by atoms with Crippen molar-refractivity contribution in [2.45, 2.75) is 13.8 Å². The van der Waals surface area contributed by atoms with Crippen LogP contribution in [-0.4, -0.2) is 25.0 Å². The zero-order chi connectivity index (χ0) is 23.5.